The van der Waals surface area contributed by atoms with E-state index in [-0.39, 0.29) is 46.1 Å². The van der Waals surface area contributed by atoms with Crippen LogP contribution in [0.2, 0.25) is 54.4 Å². The van der Waals surface area contributed by atoms with Gasteiger partial charge in [0.05, 0.1) is 64.9 Å². The van der Waals surface area contributed by atoms with Crippen molar-refractivity contribution in [2.24, 2.45) is 17.8 Å². The Morgan fingerprint density at radius 3 is 1.81 bits per heavy atom. The summed E-state index contributed by atoms with van der Waals surface area (Å²) in [5, 5.41) is 25.0. The van der Waals surface area contributed by atoms with Crippen LogP contribution in [0.25, 0.3) is 0 Å². The van der Waals surface area contributed by atoms with Gasteiger partial charge in [-0.15, -0.1) is 0 Å². The third-order valence-electron chi connectivity index (χ3n) is 13.7. The molecule has 0 aromatic heterocycles. The third kappa shape index (κ3) is 13.4. The second-order valence-electron chi connectivity index (χ2n) is 21.1. The van der Waals surface area contributed by atoms with E-state index in [0.29, 0.717) is 13.2 Å². The largest absolute Gasteiger partial charge is 0.497 e. The molecule has 2 rings (SSSR count). The van der Waals surface area contributed by atoms with Gasteiger partial charge in [-0.2, -0.15) is 0 Å². The predicted octanol–water partition coefficient (Wildman–Crippen LogP) is 8.80. The Labute approximate surface area is 350 Å². The first-order valence-corrected chi connectivity index (χ1v) is 29.5. The van der Waals surface area contributed by atoms with Crippen LogP contribution in [0, 0.1) is 17.8 Å². The first-order valence-electron chi connectivity index (χ1n) is 20.8. The van der Waals surface area contributed by atoms with Gasteiger partial charge in [0.15, 0.2) is 25.0 Å². The molecule has 0 radical (unpaired) electrons. The van der Waals surface area contributed by atoms with Crippen LogP contribution in [0.5, 0.6) is 5.75 Å². The molecule has 0 aliphatic carbocycles. The van der Waals surface area contributed by atoms with Crippen LogP contribution in [0.3, 0.4) is 0 Å². The molecule has 8 atom stereocenters. The van der Waals surface area contributed by atoms with Gasteiger partial charge in [0, 0.05) is 31.4 Å². The maximum absolute atomic E-state index is 13.5. The molecule has 14 heteroatoms. The van der Waals surface area contributed by atoms with Crippen molar-refractivity contribution in [3.8, 4) is 5.75 Å². The molecule has 2 N–H and O–H groups in total. The lowest BCUT2D eigenvalue weighted by Gasteiger charge is -2.47. The van der Waals surface area contributed by atoms with Crippen molar-refractivity contribution in [3.63, 3.8) is 0 Å². The average molecular weight is 858 g/mol. The van der Waals surface area contributed by atoms with E-state index in [4.69, 9.17) is 32.3 Å². The average Bonchev–Trinajstić information content (AvgIpc) is 3.78. The number of epoxide rings is 1. The quantitative estimate of drug-likeness (QED) is 0.0664. The maximum Gasteiger partial charge on any atom is 0.248 e. The van der Waals surface area contributed by atoms with Gasteiger partial charge in [0.1, 0.15) is 11.4 Å². The number of nitrogens with zero attached hydrogens (tertiary/aromatic N) is 1. The van der Waals surface area contributed by atoms with E-state index < -0.39 is 67.3 Å². The van der Waals surface area contributed by atoms with Gasteiger partial charge in [-0.3, -0.25) is 9.63 Å². The number of methoxy groups -OCH3 is 1. The molecule has 1 aliphatic heterocycles. The highest BCUT2D eigenvalue weighted by atomic mass is 28.4. The number of ether oxygens (including phenoxy) is 3. The molecule has 1 amide bonds. The fourth-order valence-corrected chi connectivity index (χ4v) is 10.1. The van der Waals surface area contributed by atoms with Crippen molar-refractivity contribution in [2.75, 3.05) is 41.1 Å². The van der Waals surface area contributed by atoms with Crippen molar-refractivity contribution in [2.45, 2.75) is 174 Å². The Hall–Kier alpha value is -1.18. The Bertz CT molecular complexity index is 1410. The van der Waals surface area contributed by atoms with Gasteiger partial charge in [-0.05, 0) is 79.0 Å². The smallest absolute Gasteiger partial charge is 0.248 e. The summed E-state index contributed by atoms with van der Waals surface area (Å²) in [6, 6.07) is 7.85. The molecular formula is C43H83NO10Si3. The zero-order chi connectivity index (χ0) is 44.2. The van der Waals surface area contributed by atoms with Gasteiger partial charge < -0.3 is 37.7 Å². The lowest BCUT2D eigenvalue weighted by atomic mass is 9.78. The van der Waals surface area contributed by atoms with E-state index in [0.717, 1.165) is 11.3 Å². The number of aliphatic hydroxyl groups excluding tert-OH is 2. The van der Waals surface area contributed by atoms with Crippen LogP contribution >= 0.6 is 0 Å². The van der Waals surface area contributed by atoms with E-state index in [1.807, 2.05) is 24.3 Å². The van der Waals surface area contributed by atoms with Crippen LogP contribution in [-0.2, 0) is 39.0 Å². The van der Waals surface area contributed by atoms with E-state index >= 15 is 0 Å². The molecule has 0 unspecified atom stereocenters. The van der Waals surface area contributed by atoms with Crippen molar-refractivity contribution in [1.82, 2.24) is 5.06 Å². The number of benzene rings is 1. The lowest BCUT2D eigenvalue weighted by Crippen LogP contribution is -2.58. The monoisotopic (exact) mass is 858 g/mol. The van der Waals surface area contributed by atoms with E-state index in [2.05, 4.69) is 115 Å². The molecule has 1 heterocycles. The third-order valence-corrected chi connectivity index (χ3v) is 27.1. The summed E-state index contributed by atoms with van der Waals surface area (Å²) in [6.45, 7) is 37.6. The standard InChI is InChI=1S/C43H83NO10Si3/c1-30(27-50-28-31-21-23-32(48-13)24-22-31)38-43(11,52-38)39(54-57(19,20)42(8,9)10)34(29-51-55(15,16)40(2,3)4)37(47)33(26-45)35(25-36(46)44(12)49-14)53-56(17,18)41(5,6)7/h21-24,30,33-35,37-39,45,47H,25-29H2,1-20H3/t30-,33-,34-,35-,37+,38+,39-,43-/m0/s1. The van der Waals surface area contributed by atoms with E-state index in [1.165, 1.54) is 12.2 Å². The highest BCUT2D eigenvalue weighted by Crippen LogP contribution is 2.52. The number of hydrogen-bond donors (Lipinski definition) is 2. The number of hydrogen-bond acceptors (Lipinski definition) is 10. The summed E-state index contributed by atoms with van der Waals surface area (Å²) in [4.78, 5) is 18.8. The fourth-order valence-electron chi connectivity index (χ4n) is 6.33. The number of carbonyl (C=O) groups is 1. The molecule has 0 bridgehead atoms. The van der Waals surface area contributed by atoms with Crippen LogP contribution in [0.1, 0.15) is 88.1 Å². The van der Waals surface area contributed by atoms with Crippen LogP contribution in [0.15, 0.2) is 24.3 Å². The molecule has 0 saturated carbocycles. The SMILES string of the molecule is COc1ccc(COC[C@H](C)[C@H]2O[C@]2(C)[C@@H](O[Si](C)(C)C(C)(C)C)[C@@H](CO[Si](C)(C)C(C)(C)C)[C@H](O)[C@@H](CO)[C@H](CC(=O)N(C)OC)O[Si](C)(C)C(C)(C)C)cc1. The van der Waals surface area contributed by atoms with Crippen LogP contribution in [-0.4, -0.2) is 117 Å². The number of hydroxylamine groups is 2. The first-order chi connectivity index (χ1) is 25.8. The van der Waals surface area contributed by atoms with Crippen molar-refractivity contribution < 1.29 is 47.3 Å². The molecule has 1 saturated heterocycles. The van der Waals surface area contributed by atoms with Crippen LogP contribution in [0.4, 0.5) is 0 Å². The Balaban J connectivity index is 2.70. The summed E-state index contributed by atoms with van der Waals surface area (Å²) in [5.74, 6) is -1.00. The minimum absolute atomic E-state index is 0.00312. The molecule has 332 valence electrons. The minimum atomic E-state index is -2.52. The number of carbonyl (C=O) groups excluding carboxylic acids is 1. The van der Waals surface area contributed by atoms with Gasteiger partial charge in [-0.25, -0.2) is 5.06 Å². The topological polar surface area (TPSA) is 129 Å². The normalized spacial score (nSPS) is 21.7. The van der Waals surface area contributed by atoms with Gasteiger partial charge in [0.25, 0.3) is 0 Å². The van der Waals surface area contributed by atoms with E-state index in [1.54, 1.807) is 14.2 Å². The summed E-state index contributed by atoms with van der Waals surface area (Å²) in [5.41, 5.74) is 0.246. The van der Waals surface area contributed by atoms with E-state index in [9.17, 15) is 15.0 Å². The second-order valence-corrected chi connectivity index (χ2v) is 35.5. The Morgan fingerprint density at radius 2 is 1.35 bits per heavy atom. The lowest BCUT2D eigenvalue weighted by molar-refractivity contribution is -0.172. The molecule has 1 fully saturated rings. The van der Waals surface area contributed by atoms with Crippen molar-refractivity contribution in [1.29, 1.82) is 0 Å². The van der Waals surface area contributed by atoms with Gasteiger partial charge in [-0.1, -0.05) is 81.4 Å². The summed E-state index contributed by atoms with van der Waals surface area (Å²) >= 11 is 0. The Morgan fingerprint density at radius 1 is 0.842 bits per heavy atom. The molecule has 1 aromatic rings. The maximum atomic E-state index is 13.5. The summed E-state index contributed by atoms with van der Waals surface area (Å²) < 4.78 is 39.7. The number of amides is 1. The summed E-state index contributed by atoms with van der Waals surface area (Å²) in [6.07, 6.45) is -2.93. The van der Waals surface area contributed by atoms with Crippen molar-refractivity contribution in [3.05, 3.63) is 29.8 Å². The number of aliphatic hydroxyl groups is 2. The fraction of sp³-hybridized carbons (Fsp3) is 0.837. The molecule has 0 spiro atoms. The molecule has 1 aliphatic rings. The molecule has 1 aromatic carbocycles. The summed E-state index contributed by atoms with van der Waals surface area (Å²) in [7, 11) is -2.75. The second kappa shape index (κ2) is 19.7. The minimum Gasteiger partial charge on any atom is -0.497 e. The first kappa shape index (κ1) is 52.0. The molecule has 57 heavy (non-hydrogen) atoms. The zero-order valence-electron chi connectivity index (χ0n) is 39.5. The molecular weight excluding hydrogens is 775 g/mol. The highest BCUT2D eigenvalue weighted by molar-refractivity contribution is 6.75. The Kier molecular flexibility index (Phi) is 17.9. The number of rotatable bonds is 22. The molecule has 11 nitrogen and oxygen atoms in total. The van der Waals surface area contributed by atoms with Gasteiger partial charge in [0.2, 0.25) is 5.91 Å². The van der Waals surface area contributed by atoms with Gasteiger partial charge >= 0.3 is 0 Å². The zero-order valence-corrected chi connectivity index (χ0v) is 42.5. The predicted molar refractivity (Wildman–Crippen MR) is 237 cm³/mol. The van der Waals surface area contributed by atoms with Crippen LogP contribution < -0.4 is 4.74 Å². The van der Waals surface area contributed by atoms with Crippen molar-refractivity contribution >= 4 is 30.9 Å². The highest BCUT2D eigenvalue weighted by Gasteiger charge is 2.65.